The highest BCUT2D eigenvalue weighted by Gasteiger charge is 2.24. The van der Waals surface area contributed by atoms with E-state index in [1.165, 1.54) is 0 Å². The molecule has 10 rings (SSSR count). The SMILES string of the molecule is c1ccc(-c2ccnc(-n3c4ccccc4c4ccc5c6ccccc6n(-c6nc(-c7ccccc7)nc(-c7ccccc7)n6)c5c43)n2)cc1. The normalized spacial score (nSPS) is 11.6. The number of nitrogens with zero attached hydrogens (tertiary/aromatic N) is 7. The first-order valence-electron chi connectivity index (χ1n) is 16.5. The lowest BCUT2D eigenvalue weighted by molar-refractivity contribution is 0.949. The summed E-state index contributed by atoms with van der Waals surface area (Å²) >= 11 is 0. The van der Waals surface area contributed by atoms with Crippen molar-refractivity contribution >= 4 is 43.6 Å². The van der Waals surface area contributed by atoms with Gasteiger partial charge >= 0.3 is 0 Å². The van der Waals surface area contributed by atoms with Crippen LogP contribution in [0.2, 0.25) is 0 Å². The maximum Gasteiger partial charge on any atom is 0.238 e. The van der Waals surface area contributed by atoms with Crippen molar-refractivity contribution in [3.05, 3.63) is 164 Å². The zero-order valence-electron chi connectivity index (χ0n) is 26.7. The Morgan fingerprint density at radius 1 is 0.340 bits per heavy atom. The van der Waals surface area contributed by atoms with E-state index in [0.717, 1.165) is 66.0 Å². The molecule has 0 bridgehead atoms. The molecule has 50 heavy (non-hydrogen) atoms. The molecule has 0 saturated carbocycles. The van der Waals surface area contributed by atoms with Crippen molar-refractivity contribution in [1.29, 1.82) is 0 Å². The van der Waals surface area contributed by atoms with Gasteiger partial charge in [-0.15, -0.1) is 0 Å². The minimum absolute atomic E-state index is 0.534. The second-order valence-corrected chi connectivity index (χ2v) is 12.2. The van der Waals surface area contributed by atoms with Crippen molar-refractivity contribution < 1.29 is 0 Å². The summed E-state index contributed by atoms with van der Waals surface area (Å²) in [6.45, 7) is 0. The summed E-state index contributed by atoms with van der Waals surface area (Å²) in [5, 5.41) is 4.38. The van der Waals surface area contributed by atoms with Gasteiger partial charge in [0, 0.05) is 44.4 Å². The molecule has 7 heteroatoms. The molecule has 0 aliphatic rings. The zero-order valence-corrected chi connectivity index (χ0v) is 26.7. The molecule has 6 aromatic carbocycles. The van der Waals surface area contributed by atoms with Crippen LogP contribution < -0.4 is 0 Å². The largest absolute Gasteiger partial charge is 0.276 e. The number of aromatic nitrogens is 7. The number of para-hydroxylation sites is 2. The molecular formula is C43H27N7. The number of hydrogen-bond acceptors (Lipinski definition) is 5. The molecule has 0 fully saturated rings. The predicted octanol–water partition coefficient (Wildman–Crippen LogP) is 9.86. The smallest absolute Gasteiger partial charge is 0.238 e. The van der Waals surface area contributed by atoms with Gasteiger partial charge in [0.2, 0.25) is 11.9 Å². The summed E-state index contributed by atoms with van der Waals surface area (Å²) in [5.41, 5.74) is 7.68. The van der Waals surface area contributed by atoms with Gasteiger partial charge in [0.25, 0.3) is 0 Å². The summed E-state index contributed by atoms with van der Waals surface area (Å²) in [6, 6.07) is 53.7. The average Bonchev–Trinajstić information content (AvgIpc) is 3.72. The molecule has 4 aromatic heterocycles. The lowest BCUT2D eigenvalue weighted by Gasteiger charge is -2.13. The van der Waals surface area contributed by atoms with E-state index < -0.39 is 0 Å². The third-order valence-corrected chi connectivity index (χ3v) is 9.27. The molecule has 0 unspecified atom stereocenters. The molecule has 4 heterocycles. The van der Waals surface area contributed by atoms with Gasteiger partial charge in [-0.25, -0.2) is 15.0 Å². The van der Waals surface area contributed by atoms with E-state index in [9.17, 15) is 0 Å². The Morgan fingerprint density at radius 2 is 0.800 bits per heavy atom. The molecule has 0 amide bonds. The minimum Gasteiger partial charge on any atom is -0.276 e. The summed E-state index contributed by atoms with van der Waals surface area (Å²) < 4.78 is 4.37. The third kappa shape index (κ3) is 4.41. The fourth-order valence-electron chi connectivity index (χ4n) is 7.04. The van der Waals surface area contributed by atoms with Gasteiger partial charge in [-0.05, 0) is 18.2 Å². The van der Waals surface area contributed by atoms with Crippen molar-refractivity contribution in [1.82, 2.24) is 34.1 Å². The van der Waals surface area contributed by atoms with E-state index >= 15 is 0 Å². The summed E-state index contributed by atoms with van der Waals surface area (Å²) in [7, 11) is 0. The first-order valence-corrected chi connectivity index (χ1v) is 16.5. The number of fused-ring (bicyclic) bond motifs is 7. The fraction of sp³-hybridized carbons (Fsp3) is 0. The lowest BCUT2D eigenvalue weighted by atomic mass is 10.1. The van der Waals surface area contributed by atoms with Crippen LogP contribution in [0, 0.1) is 0 Å². The van der Waals surface area contributed by atoms with Crippen LogP contribution >= 0.6 is 0 Å². The van der Waals surface area contributed by atoms with Crippen LogP contribution in [0.3, 0.4) is 0 Å². The van der Waals surface area contributed by atoms with E-state index in [4.69, 9.17) is 24.9 Å². The standard InChI is InChI=1S/C43H27N7/c1-4-14-28(15-5-1)35-26-27-44-42(45-35)49-36-22-12-10-20-31(36)33-24-25-34-32-21-11-13-23-37(32)50(39(34)38(33)49)43-47-40(29-16-6-2-7-17-29)46-41(48-43)30-18-8-3-9-19-30/h1-27H. The molecule has 0 aliphatic heterocycles. The summed E-state index contributed by atoms with van der Waals surface area (Å²) in [6.07, 6.45) is 1.84. The molecule has 0 spiro atoms. The van der Waals surface area contributed by atoms with Crippen LogP contribution in [0.5, 0.6) is 0 Å². The minimum atomic E-state index is 0.534. The van der Waals surface area contributed by atoms with E-state index in [0.29, 0.717) is 23.5 Å². The van der Waals surface area contributed by atoms with E-state index in [2.05, 4.69) is 81.9 Å². The topological polar surface area (TPSA) is 74.3 Å². The second-order valence-electron chi connectivity index (χ2n) is 12.2. The van der Waals surface area contributed by atoms with Crippen LogP contribution in [-0.2, 0) is 0 Å². The molecular weight excluding hydrogens is 615 g/mol. The Kier molecular flexibility index (Phi) is 6.35. The quantitative estimate of drug-likeness (QED) is 0.187. The van der Waals surface area contributed by atoms with Gasteiger partial charge in [-0.3, -0.25) is 9.13 Å². The van der Waals surface area contributed by atoms with Crippen LogP contribution in [0.15, 0.2) is 164 Å². The van der Waals surface area contributed by atoms with Gasteiger partial charge in [-0.2, -0.15) is 9.97 Å². The zero-order chi connectivity index (χ0) is 33.0. The highest BCUT2D eigenvalue weighted by atomic mass is 15.2. The fourth-order valence-corrected chi connectivity index (χ4v) is 7.04. The Bertz CT molecular complexity index is 2800. The number of benzene rings is 6. The highest BCUT2D eigenvalue weighted by molar-refractivity contribution is 6.23. The van der Waals surface area contributed by atoms with Crippen LogP contribution in [-0.4, -0.2) is 34.1 Å². The maximum absolute atomic E-state index is 5.19. The Morgan fingerprint density at radius 3 is 1.34 bits per heavy atom. The monoisotopic (exact) mass is 641 g/mol. The molecule has 10 aromatic rings. The Labute approximate surface area is 286 Å². The summed E-state index contributed by atoms with van der Waals surface area (Å²) in [5.74, 6) is 2.33. The molecule has 0 atom stereocenters. The molecule has 0 radical (unpaired) electrons. The lowest BCUT2D eigenvalue weighted by Crippen LogP contribution is -2.08. The number of hydrogen-bond donors (Lipinski definition) is 0. The van der Waals surface area contributed by atoms with Gasteiger partial charge in [0.05, 0.1) is 27.8 Å². The van der Waals surface area contributed by atoms with Gasteiger partial charge < -0.3 is 0 Å². The highest BCUT2D eigenvalue weighted by Crippen LogP contribution is 2.41. The maximum atomic E-state index is 5.19. The van der Waals surface area contributed by atoms with Gasteiger partial charge in [-0.1, -0.05) is 140 Å². The Hall–Kier alpha value is -6.99. The van der Waals surface area contributed by atoms with E-state index in [-0.39, 0.29) is 0 Å². The molecule has 7 nitrogen and oxygen atoms in total. The van der Waals surface area contributed by atoms with E-state index in [1.54, 1.807) is 0 Å². The summed E-state index contributed by atoms with van der Waals surface area (Å²) in [4.78, 5) is 25.4. The van der Waals surface area contributed by atoms with Gasteiger partial charge in [0.1, 0.15) is 0 Å². The van der Waals surface area contributed by atoms with Crippen molar-refractivity contribution in [3.8, 4) is 45.9 Å². The van der Waals surface area contributed by atoms with Crippen molar-refractivity contribution in [2.24, 2.45) is 0 Å². The van der Waals surface area contributed by atoms with Crippen molar-refractivity contribution in [3.63, 3.8) is 0 Å². The average molecular weight is 642 g/mol. The predicted molar refractivity (Wildman–Crippen MR) is 200 cm³/mol. The first kappa shape index (κ1) is 28.1. The van der Waals surface area contributed by atoms with Crippen LogP contribution in [0.25, 0.3) is 89.5 Å². The first-order chi connectivity index (χ1) is 24.8. The third-order valence-electron chi connectivity index (χ3n) is 9.27. The molecule has 0 aliphatic carbocycles. The second kappa shape index (κ2) is 11.3. The van der Waals surface area contributed by atoms with Crippen LogP contribution in [0.4, 0.5) is 0 Å². The van der Waals surface area contributed by atoms with Gasteiger partial charge in [0.15, 0.2) is 11.6 Å². The molecule has 234 valence electrons. The number of rotatable bonds is 5. The van der Waals surface area contributed by atoms with Crippen molar-refractivity contribution in [2.75, 3.05) is 0 Å². The Balaban J connectivity index is 1.35. The van der Waals surface area contributed by atoms with Crippen molar-refractivity contribution in [2.45, 2.75) is 0 Å². The van der Waals surface area contributed by atoms with Crippen LogP contribution in [0.1, 0.15) is 0 Å². The molecule has 0 saturated heterocycles. The molecule has 0 N–H and O–H groups in total. The van der Waals surface area contributed by atoms with E-state index in [1.807, 2.05) is 91.1 Å².